The Bertz CT molecular complexity index is 1870. The number of hydrogen-bond donors (Lipinski definition) is 0. The number of hydrogen-bond acceptors (Lipinski definition) is 6. The number of aryl methyl sites for hydroxylation is 1. The number of benzene rings is 4. The summed E-state index contributed by atoms with van der Waals surface area (Å²) in [5.41, 5.74) is 5.63. The number of carbonyl (C=O) groups is 3. The van der Waals surface area contributed by atoms with Gasteiger partial charge in [0.15, 0.2) is 0 Å². The summed E-state index contributed by atoms with van der Waals surface area (Å²) in [7, 11) is 0. The maximum Gasteiger partial charge on any atom is 0.324 e. The molecule has 4 atom stereocenters. The molecule has 2 amide bonds. The van der Waals surface area contributed by atoms with Crippen LogP contribution in [0, 0.1) is 18.8 Å². The summed E-state index contributed by atoms with van der Waals surface area (Å²) in [6, 6.07) is 35.1. The second-order valence-electron chi connectivity index (χ2n) is 11.8. The Morgan fingerprint density at radius 3 is 2.02 bits per heavy atom. The molecule has 0 aliphatic carbocycles. The van der Waals surface area contributed by atoms with Crippen LogP contribution >= 0.6 is 0 Å². The molecule has 0 N–H and O–H groups in total. The van der Waals surface area contributed by atoms with Gasteiger partial charge in [-0.05, 0) is 43.7 Å². The number of fused-ring (bicyclic) bond motifs is 1. The fourth-order valence-corrected chi connectivity index (χ4v) is 6.92. The Morgan fingerprint density at radius 1 is 0.761 bits per heavy atom. The van der Waals surface area contributed by atoms with Gasteiger partial charge in [-0.1, -0.05) is 96.6 Å². The molecule has 2 aliphatic heterocycles. The number of carbonyl (C=O) groups excluding carboxylic acids is 3. The predicted molar refractivity (Wildman–Crippen MR) is 175 cm³/mol. The smallest absolute Gasteiger partial charge is 0.324 e. The van der Waals surface area contributed by atoms with Gasteiger partial charge >= 0.3 is 5.97 Å². The van der Waals surface area contributed by atoms with Crippen molar-refractivity contribution in [2.24, 2.45) is 11.8 Å². The first-order chi connectivity index (χ1) is 22.5. The summed E-state index contributed by atoms with van der Waals surface area (Å²) >= 11 is 0. The molecule has 0 spiro atoms. The van der Waals surface area contributed by atoms with E-state index >= 15 is 0 Å². The third kappa shape index (κ3) is 5.10. The zero-order valence-electron chi connectivity index (χ0n) is 25.7. The first kappa shape index (κ1) is 29.4. The van der Waals surface area contributed by atoms with Gasteiger partial charge in [0.25, 0.3) is 0 Å². The lowest BCUT2D eigenvalue weighted by atomic mass is 9.86. The Hall–Kier alpha value is -5.34. The molecule has 2 fully saturated rings. The molecule has 2 saturated heterocycles. The molecule has 8 heteroatoms. The molecule has 1 aromatic heterocycles. The molecule has 230 valence electrons. The van der Waals surface area contributed by atoms with Crippen LogP contribution in [0.4, 0.5) is 5.69 Å². The quantitative estimate of drug-likeness (QED) is 0.155. The number of likely N-dealkylation sites (tertiary alicyclic amines) is 1. The van der Waals surface area contributed by atoms with E-state index in [9.17, 15) is 14.4 Å². The standard InChI is InChI=1S/C38H34N4O4/c1-3-46-38(45)35-32-31(36(43)42(37(32)44)29-21-19-25(2)20-22-29)34(40(35)23-26-13-7-4-8-14-26)30-24-41(28-17-11-6-12-18-28)39-33(30)27-15-9-5-10-16-27/h4-22,24,31-32,34-35H,3,23H2,1-2H3/t31-,32+,34-,35?/m0/s1. The average molecular weight is 611 g/mol. The van der Waals surface area contributed by atoms with E-state index in [4.69, 9.17) is 9.84 Å². The van der Waals surface area contributed by atoms with Gasteiger partial charge in [0.1, 0.15) is 6.04 Å². The number of imide groups is 1. The SMILES string of the molecule is CCOC(=O)C1[C@@H]2C(=O)N(c3ccc(C)cc3)C(=O)[C@@H]2[C@H](c2cn(-c3ccccc3)nc2-c2ccccc2)N1Cc1ccccc1. The Morgan fingerprint density at radius 2 is 1.37 bits per heavy atom. The van der Waals surface area contributed by atoms with Gasteiger partial charge in [0.05, 0.1) is 41.6 Å². The van der Waals surface area contributed by atoms with E-state index in [-0.39, 0.29) is 12.5 Å². The number of amides is 2. The molecule has 1 unspecified atom stereocenters. The van der Waals surface area contributed by atoms with Crippen molar-refractivity contribution in [2.45, 2.75) is 32.5 Å². The van der Waals surface area contributed by atoms with Crippen LogP contribution in [0.2, 0.25) is 0 Å². The van der Waals surface area contributed by atoms with Gasteiger partial charge in [-0.3, -0.25) is 19.3 Å². The van der Waals surface area contributed by atoms with E-state index in [2.05, 4.69) is 0 Å². The topological polar surface area (TPSA) is 84.7 Å². The van der Waals surface area contributed by atoms with Crippen LogP contribution in [0.25, 0.3) is 16.9 Å². The minimum atomic E-state index is -0.981. The van der Waals surface area contributed by atoms with Gasteiger partial charge in [-0.25, -0.2) is 9.58 Å². The lowest BCUT2D eigenvalue weighted by Crippen LogP contribution is -2.46. The molecule has 5 aromatic rings. The fraction of sp³-hybridized carbons (Fsp3) is 0.211. The number of nitrogens with zero attached hydrogens (tertiary/aromatic N) is 4. The number of aromatic nitrogens is 2. The highest BCUT2D eigenvalue weighted by molar-refractivity contribution is 6.23. The fourth-order valence-electron chi connectivity index (χ4n) is 6.92. The number of anilines is 1. The number of rotatable bonds is 8. The molecule has 0 saturated carbocycles. The monoisotopic (exact) mass is 610 g/mol. The van der Waals surface area contributed by atoms with Crippen molar-refractivity contribution in [1.82, 2.24) is 14.7 Å². The van der Waals surface area contributed by atoms with Crippen LogP contribution in [0.5, 0.6) is 0 Å². The summed E-state index contributed by atoms with van der Waals surface area (Å²) in [5.74, 6) is -3.03. The molecule has 8 nitrogen and oxygen atoms in total. The molecule has 4 aromatic carbocycles. The lowest BCUT2D eigenvalue weighted by molar-refractivity contribution is -0.152. The van der Waals surface area contributed by atoms with Crippen LogP contribution in [-0.2, 0) is 25.7 Å². The van der Waals surface area contributed by atoms with Crippen molar-refractivity contribution >= 4 is 23.5 Å². The summed E-state index contributed by atoms with van der Waals surface area (Å²) in [6.45, 7) is 4.19. The van der Waals surface area contributed by atoms with Crippen LogP contribution < -0.4 is 4.90 Å². The van der Waals surface area contributed by atoms with Crippen molar-refractivity contribution in [2.75, 3.05) is 11.5 Å². The Labute approximate surface area is 267 Å². The third-order valence-electron chi connectivity index (χ3n) is 8.95. The lowest BCUT2D eigenvalue weighted by Gasteiger charge is -2.32. The van der Waals surface area contributed by atoms with Crippen LogP contribution in [0.3, 0.4) is 0 Å². The highest BCUT2D eigenvalue weighted by Gasteiger charge is 2.65. The normalized spacial score (nSPS) is 21.0. The summed E-state index contributed by atoms with van der Waals surface area (Å²) in [6.07, 6.45) is 1.94. The Balaban J connectivity index is 1.45. The molecule has 0 bridgehead atoms. The van der Waals surface area contributed by atoms with Gasteiger partial charge in [0.2, 0.25) is 11.8 Å². The van der Waals surface area contributed by atoms with E-state index in [0.717, 1.165) is 27.9 Å². The minimum absolute atomic E-state index is 0.154. The Kier molecular flexibility index (Phi) is 7.80. The maximum atomic E-state index is 14.6. The van der Waals surface area contributed by atoms with Crippen molar-refractivity contribution in [1.29, 1.82) is 0 Å². The third-order valence-corrected chi connectivity index (χ3v) is 8.95. The van der Waals surface area contributed by atoms with Crippen LogP contribution in [0.15, 0.2) is 121 Å². The molecule has 7 rings (SSSR count). The molecule has 46 heavy (non-hydrogen) atoms. The van der Waals surface area contributed by atoms with Crippen molar-refractivity contribution in [3.8, 4) is 16.9 Å². The highest BCUT2D eigenvalue weighted by Crippen LogP contribution is 2.53. The summed E-state index contributed by atoms with van der Waals surface area (Å²) in [4.78, 5) is 46.2. The molecular weight excluding hydrogens is 576 g/mol. The average Bonchev–Trinajstić information content (AvgIpc) is 3.74. The van der Waals surface area contributed by atoms with Crippen molar-refractivity contribution in [3.63, 3.8) is 0 Å². The molecule has 0 radical (unpaired) electrons. The predicted octanol–water partition coefficient (Wildman–Crippen LogP) is 6.14. The second-order valence-corrected chi connectivity index (χ2v) is 11.8. The molecule has 2 aliphatic rings. The van der Waals surface area contributed by atoms with E-state index in [1.807, 2.05) is 126 Å². The van der Waals surface area contributed by atoms with Gasteiger partial charge in [0, 0.05) is 23.9 Å². The van der Waals surface area contributed by atoms with Gasteiger partial charge in [-0.15, -0.1) is 0 Å². The van der Waals surface area contributed by atoms with Crippen molar-refractivity contribution < 1.29 is 19.1 Å². The zero-order valence-corrected chi connectivity index (χ0v) is 25.7. The van der Waals surface area contributed by atoms with Crippen molar-refractivity contribution in [3.05, 3.63) is 138 Å². The largest absolute Gasteiger partial charge is 0.465 e. The van der Waals surface area contributed by atoms with E-state index in [0.29, 0.717) is 17.9 Å². The number of para-hydroxylation sites is 1. The van der Waals surface area contributed by atoms with Gasteiger partial charge < -0.3 is 4.74 Å². The first-order valence-electron chi connectivity index (χ1n) is 15.6. The summed E-state index contributed by atoms with van der Waals surface area (Å²) < 4.78 is 7.44. The van der Waals surface area contributed by atoms with E-state index in [1.54, 1.807) is 19.1 Å². The van der Waals surface area contributed by atoms with E-state index < -0.39 is 35.8 Å². The number of ether oxygens (including phenoxy) is 1. The maximum absolute atomic E-state index is 14.6. The summed E-state index contributed by atoms with van der Waals surface area (Å²) in [5, 5.41) is 5.05. The minimum Gasteiger partial charge on any atom is -0.465 e. The van der Waals surface area contributed by atoms with Crippen LogP contribution in [0.1, 0.15) is 29.7 Å². The molecule has 3 heterocycles. The molecular formula is C38H34N4O4. The first-order valence-corrected chi connectivity index (χ1v) is 15.6. The highest BCUT2D eigenvalue weighted by atomic mass is 16.5. The van der Waals surface area contributed by atoms with Gasteiger partial charge in [-0.2, -0.15) is 5.10 Å². The number of esters is 1. The van der Waals surface area contributed by atoms with E-state index in [1.165, 1.54) is 4.90 Å². The second kappa shape index (κ2) is 12.2. The zero-order chi connectivity index (χ0) is 31.8. The van der Waals surface area contributed by atoms with Crippen LogP contribution in [-0.4, -0.2) is 45.1 Å².